The van der Waals surface area contributed by atoms with Crippen LogP contribution in [0.5, 0.6) is 6.01 Å². The number of rotatable bonds is 14. The lowest BCUT2D eigenvalue weighted by atomic mass is 9.94. The van der Waals surface area contributed by atoms with Crippen LogP contribution in [0.2, 0.25) is 5.02 Å². The van der Waals surface area contributed by atoms with Gasteiger partial charge in [-0.05, 0) is 79.2 Å². The van der Waals surface area contributed by atoms with E-state index in [0.717, 1.165) is 42.4 Å². The second-order valence-corrected chi connectivity index (χ2v) is 13.9. The highest BCUT2D eigenvalue weighted by Crippen LogP contribution is 2.40. The number of nitrogens with zero attached hydrogens (tertiary/aromatic N) is 3. The molecule has 1 saturated heterocycles. The van der Waals surface area contributed by atoms with Crippen LogP contribution in [0.15, 0.2) is 42.0 Å². The van der Waals surface area contributed by atoms with Crippen LogP contribution in [0, 0.1) is 23.6 Å². The van der Waals surface area contributed by atoms with Crippen molar-refractivity contribution >= 4 is 39.9 Å². The third-order valence-electron chi connectivity index (χ3n) is 10.1. The molecule has 2 aliphatic carbocycles. The van der Waals surface area contributed by atoms with Crippen LogP contribution in [0.4, 0.5) is 10.2 Å². The molecule has 1 aliphatic heterocycles. The number of aliphatic hydroxyl groups excluding tert-OH is 1. The zero-order valence-corrected chi connectivity index (χ0v) is 28.6. The van der Waals surface area contributed by atoms with Crippen molar-refractivity contribution in [3.8, 4) is 6.01 Å². The Labute approximate surface area is 281 Å². The first-order valence-electron chi connectivity index (χ1n) is 17.2. The summed E-state index contributed by atoms with van der Waals surface area (Å²) in [5.41, 5.74) is 5.50. The van der Waals surface area contributed by atoms with E-state index >= 15 is 4.39 Å². The molecule has 4 unspecified atom stereocenters. The fraction of sp³-hybridized carbons (Fsp3) is 0.541. The number of hydrogen-bond donors (Lipinski definition) is 3. The molecule has 47 heavy (non-hydrogen) atoms. The number of fused-ring (bicyclic) bond motifs is 2. The lowest BCUT2D eigenvalue weighted by Crippen LogP contribution is -2.34. The summed E-state index contributed by atoms with van der Waals surface area (Å²) in [6.07, 6.45) is 10.1. The summed E-state index contributed by atoms with van der Waals surface area (Å²) < 4.78 is 27.8. The monoisotopic (exact) mass is 663 g/mol. The number of ether oxygens (including phenoxy) is 2. The number of benzene rings is 1. The quantitative estimate of drug-likeness (QED) is 0.118. The lowest BCUT2D eigenvalue weighted by Gasteiger charge is -2.22. The normalized spacial score (nSPS) is 24.4. The number of imidazole rings is 1. The molecule has 2 fully saturated rings. The van der Waals surface area contributed by atoms with Gasteiger partial charge in [-0.15, -0.1) is 0 Å². The Morgan fingerprint density at radius 3 is 2.81 bits per heavy atom. The van der Waals surface area contributed by atoms with E-state index in [-0.39, 0.29) is 30.0 Å². The van der Waals surface area contributed by atoms with Gasteiger partial charge in [0.25, 0.3) is 6.01 Å². The largest absolute Gasteiger partial charge is 0.459 e. The van der Waals surface area contributed by atoms with Gasteiger partial charge < -0.3 is 24.9 Å². The number of halogens is 2. The fourth-order valence-corrected chi connectivity index (χ4v) is 7.11. The highest BCUT2D eigenvalue weighted by atomic mass is 35.5. The molecule has 3 aromatic rings. The lowest BCUT2D eigenvalue weighted by molar-refractivity contribution is -0.0208. The maximum absolute atomic E-state index is 15.8. The Kier molecular flexibility index (Phi) is 10.3. The molecule has 3 N–H and O–H groups in total. The number of aliphatic hydroxyl groups is 1. The third kappa shape index (κ3) is 7.27. The van der Waals surface area contributed by atoms with Gasteiger partial charge in [0.15, 0.2) is 5.65 Å². The molecule has 3 heterocycles. The summed E-state index contributed by atoms with van der Waals surface area (Å²) in [6.45, 7) is 12.9. The molecular weight excluding hydrogens is 617 g/mol. The van der Waals surface area contributed by atoms with Crippen molar-refractivity contribution in [3.05, 3.63) is 64.6 Å². The fourth-order valence-electron chi connectivity index (χ4n) is 6.90. The molecule has 1 saturated carbocycles. The molecule has 6 rings (SSSR count). The smallest absolute Gasteiger partial charge is 0.296 e. The first-order chi connectivity index (χ1) is 22.7. The van der Waals surface area contributed by atoms with Crippen LogP contribution < -0.4 is 10.1 Å². The maximum atomic E-state index is 15.8. The summed E-state index contributed by atoms with van der Waals surface area (Å²) in [7, 11) is 0. The average molecular weight is 664 g/mol. The second-order valence-electron chi connectivity index (χ2n) is 13.4. The summed E-state index contributed by atoms with van der Waals surface area (Å²) in [5, 5.41) is 14.3. The molecule has 0 bridgehead atoms. The van der Waals surface area contributed by atoms with Gasteiger partial charge in [0, 0.05) is 23.4 Å². The first kappa shape index (κ1) is 33.6. The molecule has 6 atom stereocenters. The van der Waals surface area contributed by atoms with Crippen molar-refractivity contribution in [2.45, 2.75) is 103 Å². The number of aromatic amines is 1. The Morgan fingerprint density at radius 1 is 1.28 bits per heavy atom. The molecular formula is C37H47ClFN5O3. The minimum absolute atomic E-state index is 0.00237. The van der Waals surface area contributed by atoms with Gasteiger partial charge >= 0.3 is 0 Å². The Balaban J connectivity index is 1.16. The summed E-state index contributed by atoms with van der Waals surface area (Å²) >= 11 is 6.67. The van der Waals surface area contributed by atoms with Crippen molar-refractivity contribution in [1.29, 1.82) is 0 Å². The molecule has 3 aliphatic rings. The van der Waals surface area contributed by atoms with E-state index in [1.807, 2.05) is 13.1 Å². The predicted molar refractivity (Wildman–Crippen MR) is 187 cm³/mol. The molecule has 0 spiro atoms. The first-order valence-corrected chi connectivity index (χ1v) is 17.6. The van der Waals surface area contributed by atoms with Crippen LogP contribution in [0.3, 0.4) is 0 Å². The predicted octanol–water partition coefficient (Wildman–Crippen LogP) is 8.61. The minimum atomic E-state index is -0.519. The van der Waals surface area contributed by atoms with Gasteiger partial charge in [0.2, 0.25) is 0 Å². The number of H-pyrrole nitrogens is 1. The minimum Gasteiger partial charge on any atom is -0.459 e. The molecule has 1 aromatic carbocycles. The van der Waals surface area contributed by atoms with Gasteiger partial charge in [-0.2, -0.15) is 4.98 Å². The van der Waals surface area contributed by atoms with Crippen molar-refractivity contribution in [2.75, 3.05) is 11.9 Å². The standard InChI is InChI=1S/C37H47ClFN5O3/c1-6-9-10-30(45)34-21(5)31(19-46-34)47-37-42-29-17-26(38)35(43-36(29)44-37)41-28-14-13-24-15-25(16-27(39)32(24)28)22(8-3)18-40-33(20(4)7-2)23-11-12-23/h8,15-18,20-21,23,28,30-31,34,45H,3,6-7,9-14,19H2,1-2,4-5H3,(H2,41,42,43,44)/b22-18+,40-33?/t20?,21-,28?,30?,31?,34+/m1/s1. The molecule has 0 radical (unpaired) electrons. The van der Waals surface area contributed by atoms with Crippen molar-refractivity contribution in [3.63, 3.8) is 0 Å². The SMILES string of the molecule is C=C/C(=C\N=C(C(C)CC)C1CC1)c1cc(F)c2c(c1)CCC2Nc1nc2nc(OC3CO[C@H](C(O)CCCC)[C@@H]3C)[nH]c2cc1Cl. The van der Waals surface area contributed by atoms with E-state index in [2.05, 4.69) is 53.7 Å². The second kappa shape index (κ2) is 14.5. The highest BCUT2D eigenvalue weighted by molar-refractivity contribution is 6.33. The Hall–Kier alpha value is -3.27. The summed E-state index contributed by atoms with van der Waals surface area (Å²) in [5.74, 6) is 1.17. The number of nitrogens with one attached hydrogen (secondary N) is 2. The molecule has 2 aromatic heterocycles. The van der Waals surface area contributed by atoms with Crippen molar-refractivity contribution in [1.82, 2.24) is 15.0 Å². The number of unbranched alkanes of at least 4 members (excludes halogenated alkanes) is 1. The number of anilines is 1. The molecule has 252 valence electrons. The van der Waals surface area contributed by atoms with Gasteiger partial charge in [0.1, 0.15) is 17.7 Å². The Morgan fingerprint density at radius 2 is 2.09 bits per heavy atom. The van der Waals surface area contributed by atoms with Crippen molar-refractivity contribution < 1.29 is 19.0 Å². The zero-order valence-electron chi connectivity index (χ0n) is 27.9. The van der Waals surface area contributed by atoms with E-state index in [1.165, 1.54) is 18.6 Å². The van der Waals surface area contributed by atoms with Gasteiger partial charge in [-0.1, -0.05) is 70.9 Å². The van der Waals surface area contributed by atoms with Gasteiger partial charge in [-0.3, -0.25) is 4.99 Å². The third-order valence-corrected chi connectivity index (χ3v) is 10.3. The van der Waals surface area contributed by atoms with E-state index in [4.69, 9.17) is 26.1 Å². The number of hydrogen-bond acceptors (Lipinski definition) is 7. The molecule has 8 nitrogen and oxygen atoms in total. The highest BCUT2D eigenvalue weighted by Gasteiger charge is 2.40. The maximum Gasteiger partial charge on any atom is 0.296 e. The summed E-state index contributed by atoms with van der Waals surface area (Å²) in [6, 6.07) is 5.42. The average Bonchev–Trinajstić information content (AvgIpc) is 3.55. The van der Waals surface area contributed by atoms with Crippen LogP contribution in [-0.2, 0) is 11.2 Å². The number of allylic oxidation sites excluding steroid dienone is 2. The Bertz CT molecular complexity index is 1670. The summed E-state index contributed by atoms with van der Waals surface area (Å²) in [4.78, 5) is 17.3. The zero-order chi connectivity index (χ0) is 33.2. The van der Waals surface area contributed by atoms with Crippen LogP contribution in [0.25, 0.3) is 16.7 Å². The molecule has 0 amide bonds. The van der Waals surface area contributed by atoms with Crippen LogP contribution in [-0.4, -0.2) is 50.7 Å². The molecule has 10 heteroatoms. The topological polar surface area (TPSA) is 105 Å². The van der Waals surface area contributed by atoms with Crippen molar-refractivity contribution in [2.24, 2.45) is 22.7 Å². The number of aromatic nitrogens is 3. The van der Waals surface area contributed by atoms with Gasteiger partial charge in [0.05, 0.1) is 35.4 Å². The van der Waals surface area contributed by atoms with Crippen LogP contribution in [0.1, 0.15) is 95.4 Å². The van der Waals surface area contributed by atoms with Gasteiger partial charge in [-0.25, -0.2) is 9.37 Å². The van der Waals surface area contributed by atoms with E-state index in [1.54, 1.807) is 18.2 Å². The van der Waals surface area contributed by atoms with Crippen LogP contribution >= 0.6 is 11.6 Å². The number of pyridine rings is 1. The van der Waals surface area contributed by atoms with E-state index in [0.29, 0.717) is 64.9 Å². The number of aliphatic imine (C=N–C) groups is 1. The number of aryl methyl sites for hydroxylation is 1. The van der Waals surface area contributed by atoms with E-state index in [9.17, 15) is 5.11 Å². The van der Waals surface area contributed by atoms with E-state index < -0.39 is 6.10 Å².